The third kappa shape index (κ3) is 22.5. The highest BCUT2D eigenvalue weighted by atomic mass is 31.2. The van der Waals surface area contributed by atoms with E-state index in [2.05, 4.69) is 26.0 Å². The number of rotatable bonds is 31. The first-order valence-electron chi connectivity index (χ1n) is 19.6. The molecule has 0 heterocycles. The maximum atomic E-state index is 12.7. The van der Waals surface area contributed by atoms with Gasteiger partial charge in [0.15, 0.2) is 6.10 Å². The lowest BCUT2D eigenvalue weighted by Crippen LogP contribution is -2.64. The van der Waals surface area contributed by atoms with Crippen LogP contribution in [0.15, 0.2) is 24.3 Å². The monoisotopic (exact) mass is 764 g/mol. The molecule has 13 nitrogen and oxygen atoms in total. The van der Waals surface area contributed by atoms with Crippen LogP contribution in [0.2, 0.25) is 0 Å². The molecule has 1 aliphatic rings. The molecule has 0 amide bonds. The topological polar surface area (TPSA) is 210 Å². The van der Waals surface area contributed by atoms with Gasteiger partial charge < -0.3 is 39.9 Å². The highest BCUT2D eigenvalue weighted by Crippen LogP contribution is 2.47. The first-order chi connectivity index (χ1) is 24.9. The smallest absolute Gasteiger partial charge is 0.462 e. The number of hydrogen-bond donors (Lipinski definition) is 6. The van der Waals surface area contributed by atoms with Gasteiger partial charge in [0, 0.05) is 12.8 Å². The molecule has 1 fully saturated rings. The van der Waals surface area contributed by atoms with E-state index < -0.39 is 75.7 Å². The van der Waals surface area contributed by atoms with Crippen LogP contribution in [0.3, 0.4) is 0 Å². The Labute approximate surface area is 311 Å². The number of aliphatic hydroxyl groups is 5. The minimum Gasteiger partial charge on any atom is -0.462 e. The number of carbonyl (C=O) groups is 2. The first-order valence-corrected chi connectivity index (χ1v) is 21.1. The van der Waals surface area contributed by atoms with Crippen molar-refractivity contribution in [2.75, 3.05) is 13.2 Å². The van der Waals surface area contributed by atoms with Gasteiger partial charge in [0.1, 0.15) is 43.2 Å². The molecular formula is C38H69O13P. The first kappa shape index (κ1) is 48.3. The zero-order valence-corrected chi connectivity index (χ0v) is 32.5. The van der Waals surface area contributed by atoms with Crippen LogP contribution < -0.4 is 0 Å². The number of unbranched alkanes of at least 4 members (excludes halogenated alkanes) is 15. The lowest BCUT2D eigenvalue weighted by molar-refractivity contribution is -0.220. The van der Waals surface area contributed by atoms with Crippen LogP contribution in [0.4, 0.5) is 0 Å². The summed E-state index contributed by atoms with van der Waals surface area (Å²) < 4.78 is 33.2. The molecule has 1 aliphatic carbocycles. The van der Waals surface area contributed by atoms with Crippen molar-refractivity contribution < 1.29 is 63.1 Å². The quantitative estimate of drug-likeness (QED) is 0.0204. The van der Waals surface area contributed by atoms with E-state index in [1.54, 1.807) is 0 Å². The Bertz CT molecular complexity index is 1020. The second kappa shape index (κ2) is 29.7. The fourth-order valence-electron chi connectivity index (χ4n) is 5.81. The van der Waals surface area contributed by atoms with Crippen LogP contribution >= 0.6 is 7.82 Å². The molecule has 0 bridgehead atoms. The van der Waals surface area contributed by atoms with E-state index in [1.807, 2.05) is 12.2 Å². The third-order valence-electron chi connectivity index (χ3n) is 9.06. The van der Waals surface area contributed by atoms with Crippen molar-refractivity contribution in [3.05, 3.63) is 24.3 Å². The average Bonchev–Trinajstić information content (AvgIpc) is 3.12. The Hall–Kier alpha value is -1.67. The Morgan fingerprint density at radius 3 is 1.63 bits per heavy atom. The van der Waals surface area contributed by atoms with E-state index in [0.717, 1.165) is 32.1 Å². The van der Waals surface area contributed by atoms with Gasteiger partial charge in [0.2, 0.25) is 0 Å². The number of aliphatic hydroxyl groups excluding tert-OH is 5. The molecule has 0 aromatic heterocycles. The Kier molecular flexibility index (Phi) is 27.6. The van der Waals surface area contributed by atoms with Crippen LogP contribution in [-0.4, -0.2) is 98.3 Å². The Morgan fingerprint density at radius 2 is 1.08 bits per heavy atom. The van der Waals surface area contributed by atoms with Crippen LogP contribution in [0, 0.1) is 0 Å². The predicted octanol–water partition coefficient (Wildman–Crippen LogP) is 6.11. The summed E-state index contributed by atoms with van der Waals surface area (Å²) in [6, 6.07) is 0. The molecule has 8 atom stereocenters. The van der Waals surface area contributed by atoms with E-state index in [1.165, 1.54) is 77.0 Å². The van der Waals surface area contributed by atoms with Crippen LogP contribution in [-0.2, 0) is 32.7 Å². The van der Waals surface area contributed by atoms with Crippen molar-refractivity contribution in [3.8, 4) is 0 Å². The van der Waals surface area contributed by atoms with Gasteiger partial charge in [-0.25, -0.2) is 4.57 Å². The summed E-state index contributed by atoms with van der Waals surface area (Å²) in [7, 11) is -5.12. The van der Waals surface area contributed by atoms with Crippen molar-refractivity contribution in [1.29, 1.82) is 0 Å². The van der Waals surface area contributed by atoms with Crippen molar-refractivity contribution in [1.82, 2.24) is 0 Å². The molecule has 1 rings (SSSR count). The highest BCUT2D eigenvalue weighted by molar-refractivity contribution is 7.47. The summed E-state index contributed by atoms with van der Waals surface area (Å²) in [5.74, 6) is -1.18. The SMILES string of the molecule is CCCCCCCC/C=C/C/C=C/CCC(=O)OC(COC(=O)CCCCCCCCCCCC)COP(=O)(O)OC1C(O)C(O)C(O)[C@@H](O)C1O. The zero-order chi connectivity index (χ0) is 38.6. The maximum Gasteiger partial charge on any atom is 0.472 e. The molecule has 0 aliphatic heterocycles. The van der Waals surface area contributed by atoms with Crippen molar-refractivity contribution in [2.24, 2.45) is 0 Å². The summed E-state index contributed by atoms with van der Waals surface area (Å²) in [5, 5.41) is 49.9. The second-order valence-corrected chi connectivity index (χ2v) is 15.2. The molecule has 0 spiro atoms. The predicted molar refractivity (Wildman–Crippen MR) is 198 cm³/mol. The van der Waals surface area contributed by atoms with Crippen molar-refractivity contribution >= 4 is 19.8 Å². The number of phosphoric ester groups is 1. The standard InChI is InChI=1S/C38H69O13P/c1-3-5-7-9-11-13-15-16-17-19-21-23-25-27-32(40)50-30(28-48-31(39)26-24-22-20-18-14-12-10-8-6-4-2)29-49-52(46,47)51-38-36(44)34(42)33(41)35(43)37(38)45/h16-17,21,23,30,33-38,41-45H,3-15,18-20,22,24-29H2,1-2H3,(H,46,47)/b17-16+,23-21+/t30?,33?,34-,35?,36?,37?,38?/m1/s1. The summed E-state index contributed by atoms with van der Waals surface area (Å²) in [6.45, 7) is 3.19. The van der Waals surface area contributed by atoms with Crippen LogP contribution in [0.5, 0.6) is 0 Å². The highest BCUT2D eigenvalue weighted by Gasteiger charge is 2.51. The lowest BCUT2D eigenvalue weighted by Gasteiger charge is -2.41. The molecular weight excluding hydrogens is 695 g/mol. The van der Waals surface area contributed by atoms with Gasteiger partial charge in [-0.05, 0) is 32.1 Å². The molecule has 0 saturated heterocycles. The molecule has 6 N–H and O–H groups in total. The number of hydrogen-bond acceptors (Lipinski definition) is 12. The van der Waals surface area contributed by atoms with E-state index in [9.17, 15) is 44.6 Å². The Balaban J connectivity index is 2.59. The van der Waals surface area contributed by atoms with Gasteiger partial charge in [-0.3, -0.25) is 18.6 Å². The molecule has 52 heavy (non-hydrogen) atoms. The van der Waals surface area contributed by atoms with Crippen molar-refractivity contribution in [3.63, 3.8) is 0 Å². The number of carbonyl (C=O) groups excluding carboxylic acids is 2. The fourth-order valence-corrected chi connectivity index (χ4v) is 6.78. The second-order valence-electron chi connectivity index (χ2n) is 13.8. The summed E-state index contributed by atoms with van der Waals surface area (Å²) in [5.41, 5.74) is 0. The minimum absolute atomic E-state index is 0.00707. The largest absolute Gasteiger partial charge is 0.472 e. The summed E-state index contributed by atoms with van der Waals surface area (Å²) >= 11 is 0. The number of esters is 2. The van der Waals surface area contributed by atoms with E-state index in [4.69, 9.17) is 18.5 Å². The Morgan fingerprint density at radius 1 is 0.596 bits per heavy atom. The molecule has 1 saturated carbocycles. The van der Waals surface area contributed by atoms with E-state index >= 15 is 0 Å². The third-order valence-corrected chi connectivity index (χ3v) is 10.0. The number of phosphoric acid groups is 1. The van der Waals surface area contributed by atoms with Crippen LogP contribution in [0.25, 0.3) is 0 Å². The van der Waals surface area contributed by atoms with Gasteiger partial charge in [0.05, 0.1) is 6.61 Å². The van der Waals surface area contributed by atoms with Gasteiger partial charge in [-0.15, -0.1) is 0 Å². The minimum atomic E-state index is -5.12. The molecule has 0 aromatic carbocycles. The lowest BCUT2D eigenvalue weighted by atomic mass is 9.85. The molecule has 7 unspecified atom stereocenters. The molecule has 14 heteroatoms. The van der Waals surface area contributed by atoms with E-state index in [-0.39, 0.29) is 12.8 Å². The molecule has 0 aromatic rings. The average molecular weight is 765 g/mol. The summed E-state index contributed by atoms with van der Waals surface area (Å²) in [4.78, 5) is 35.4. The van der Waals surface area contributed by atoms with E-state index in [0.29, 0.717) is 12.8 Å². The van der Waals surface area contributed by atoms with Gasteiger partial charge in [-0.1, -0.05) is 128 Å². The molecule has 0 radical (unpaired) electrons. The van der Waals surface area contributed by atoms with Crippen LogP contribution in [0.1, 0.15) is 149 Å². The normalized spacial score (nSPS) is 23.9. The number of allylic oxidation sites excluding steroid dienone is 4. The van der Waals surface area contributed by atoms with Gasteiger partial charge >= 0.3 is 19.8 Å². The fraction of sp³-hybridized carbons (Fsp3) is 0.842. The van der Waals surface area contributed by atoms with Gasteiger partial charge in [0.25, 0.3) is 0 Å². The summed E-state index contributed by atoms with van der Waals surface area (Å²) in [6.07, 6.45) is 15.6. The van der Waals surface area contributed by atoms with Crippen molar-refractivity contribution in [2.45, 2.75) is 191 Å². The molecule has 304 valence electrons. The number of ether oxygens (including phenoxy) is 2. The maximum absolute atomic E-state index is 12.7. The zero-order valence-electron chi connectivity index (χ0n) is 31.6. The van der Waals surface area contributed by atoms with Gasteiger partial charge in [-0.2, -0.15) is 0 Å².